The molecule has 0 saturated carbocycles. The molecule has 28 heavy (non-hydrogen) atoms. The highest BCUT2D eigenvalue weighted by molar-refractivity contribution is 6.30. The number of unbranched alkanes of at least 4 members (excludes halogenated alkanes) is 1. The molecule has 1 aliphatic heterocycles. The third-order valence-corrected chi connectivity index (χ3v) is 5.51. The first-order valence-corrected chi connectivity index (χ1v) is 10.2. The molecule has 4 rings (SSSR count). The lowest BCUT2D eigenvalue weighted by atomic mass is 9.97. The molecule has 1 amide bonds. The maximum Gasteiger partial charge on any atom is 0.283 e. The van der Waals surface area contributed by atoms with Crippen molar-refractivity contribution >= 4 is 23.2 Å². The maximum absolute atomic E-state index is 13.4. The second-order valence-corrected chi connectivity index (χ2v) is 7.58. The molecule has 0 fully saturated rings. The highest BCUT2D eigenvalue weighted by Gasteiger charge is 2.36. The molecule has 0 unspecified atom stereocenters. The summed E-state index contributed by atoms with van der Waals surface area (Å²) in [7, 11) is 0. The van der Waals surface area contributed by atoms with Gasteiger partial charge < -0.3 is 9.88 Å². The topological polar surface area (TPSA) is 41.9 Å². The number of anilines is 1. The third-order valence-electron chi connectivity index (χ3n) is 5.25. The molecule has 0 radical (unpaired) electrons. The predicted molar refractivity (Wildman–Crippen MR) is 113 cm³/mol. The summed E-state index contributed by atoms with van der Waals surface area (Å²) in [5.74, 6) is 0.121. The lowest BCUT2D eigenvalue weighted by Crippen LogP contribution is -2.86. The number of quaternary nitrogens is 1. The molecule has 5 heteroatoms. The van der Waals surface area contributed by atoms with Gasteiger partial charge in [0, 0.05) is 11.2 Å². The van der Waals surface area contributed by atoms with Crippen molar-refractivity contribution in [1.29, 1.82) is 0 Å². The van der Waals surface area contributed by atoms with Crippen LogP contribution in [0.2, 0.25) is 5.02 Å². The van der Waals surface area contributed by atoms with Crippen molar-refractivity contribution in [3.05, 3.63) is 83.1 Å². The maximum atomic E-state index is 13.4. The zero-order valence-corrected chi connectivity index (χ0v) is 16.8. The number of hydrogen-bond acceptors (Lipinski definition) is 1. The zero-order valence-electron chi connectivity index (χ0n) is 16.0. The summed E-state index contributed by atoms with van der Waals surface area (Å²) in [5.41, 5.74) is 4.12. The van der Waals surface area contributed by atoms with Gasteiger partial charge in [0.1, 0.15) is 6.04 Å². The average molecular weight is 395 g/mol. The minimum absolute atomic E-state index is 0.121. The van der Waals surface area contributed by atoms with Gasteiger partial charge in [0.2, 0.25) is 0 Å². The number of carbonyl (C=O) groups is 1. The Morgan fingerprint density at radius 1 is 1.04 bits per heavy atom. The lowest BCUT2D eigenvalue weighted by Gasteiger charge is -2.38. The number of carbonyl (C=O) groups excluding carboxylic acids is 1. The molecule has 4 nitrogen and oxygen atoms in total. The Hall–Kier alpha value is -2.56. The molecule has 2 aromatic carbocycles. The Bertz CT molecular complexity index is 964. The summed E-state index contributed by atoms with van der Waals surface area (Å²) in [5, 5.41) is 2.81. The molecule has 1 aromatic heterocycles. The van der Waals surface area contributed by atoms with Crippen LogP contribution in [0.4, 0.5) is 5.69 Å². The van der Waals surface area contributed by atoms with E-state index < -0.39 is 0 Å². The summed E-state index contributed by atoms with van der Waals surface area (Å²) < 4.78 is 2.18. The van der Waals surface area contributed by atoms with E-state index in [1.165, 1.54) is 0 Å². The van der Waals surface area contributed by atoms with Crippen molar-refractivity contribution in [2.24, 2.45) is 0 Å². The van der Waals surface area contributed by atoms with Gasteiger partial charge in [-0.05, 0) is 48.4 Å². The number of para-hydroxylation sites is 2. The second kappa shape index (κ2) is 8.21. The number of rotatable bonds is 6. The Morgan fingerprint density at radius 2 is 1.79 bits per heavy atom. The molecule has 2 heterocycles. The lowest BCUT2D eigenvalue weighted by molar-refractivity contribution is -0.644. The number of benzene rings is 2. The molecule has 3 aromatic rings. The van der Waals surface area contributed by atoms with Gasteiger partial charge in [0.05, 0.1) is 23.6 Å². The SMILES string of the molecule is CCCC[NH2+]CC(=O)N1c2ccccc2-n2cccc2[C@H]1c1ccc(Cl)cc1. The highest BCUT2D eigenvalue weighted by atomic mass is 35.5. The van der Waals surface area contributed by atoms with Crippen LogP contribution in [0.3, 0.4) is 0 Å². The standard InChI is InChI=1S/C23H24ClN3O/c1-2-3-14-25-16-22(28)27-20-8-5-4-7-19(20)26-15-6-9-21(26)23(27)17-10-12-18(24)13-11-17/h4-13,15,23,25H,2-3,14,16H2,1H3/p+1/t23-/m1/s1. The summed E-state index contributed by atoms with van der Waals surface area (Å²) in [6.45, 7) is 3.58. The fourth-order valence-electron chi connectivity index (χ4n) is 3.89. The van der Waals surface area contributed by atoms with E-state index in [4.69, 9.17) is 11.6 Å². The van der Waals surface area contributed by atoms with Crippen LogP contribution in [-0.4, -0.2) is 23.6 Å². The van der Waals surface area contributed by atoms with Gasteiger partial charge in [-0.1, -0.05) is 49.2 Å². The smallest absolute Gasteiger partial charge is 0.283 e. The molecule has 1 atom stereocenters. The van der Waals surface area contributed by atoms with E-state index in [0.29, 0.717) is 11.6 Å². The molecule has 144 valence electrons. The molecule has 0 saturated heterocycles. The zero-order chi connectivity index (χ0) is 19.5. The summed E-state index contributed by atoms with van der Waals surface area (Å²) >= 11 is 6.12. The summed E-state index contributed by atoms with van der Waals surface area (Å²) in [6.07, 6.45) is 4.32. The van der Waals surface area contributed by atoms with E-state index in [0.717, 1.165) is 42.0 Å². The second-order valence-electron chi connectivity index (χ2n) is 7.14. The number of halogens is 1. The third kappa shape index (κ3) is 3.46. The van der Waals surface area contributed by atoms with E-state index in [2.05, 4.69) is 35.1 Å². The van der Waals surface area contributed by atoms with Crippen molar-refractivity contribution in [1.82, 2.24) is 4.57 Å². The highest BCUT2D eigenvalue weighted by Crippen LogP contribution is 2.42. The quantitative estimate of drug-likeness (QED) is 0.632. The van der Waals surface area contributed by atoms with Crippen LogP contribution in [0.1, 0.15) is 37.1 Å². The van der Waals surface area contributed by atoms with E-state index in [1.54, 1.807) is 0 Å². The van der Waals surface area contributed by atoms with Crippen molar-refractivity contribution in [2.45, 2.75) is 25.8 Å². The van der Waals surface area contributed by atoms with Crippen LogP contribution in [0.5, 0.6) is 0 Å². The molecule has 0 aliphatic carbocycles. The van der Waals surface area contributed by atoms with Gasteiger partial charge in [-0.2, -0.15) is 0 Å². The van der Waals surface area contributed by atoms with Crippen LogP contribution in [-0.2, 0) is 4.79 Å². The van der Waals surface area contributed by atoms with Crippen LogP contribution < -0.4 is 10.2 Å². The van der Waals surface area contributed by atoms with Crippen molar-refractivity contribution in [3.8, 4) is 5.69 Å². The van der Waals surface area contributed by atoms with Gasteiger partial charge >= 0.3 is 0 Å². The van der Waals surface area contributed by atoms with Gasteiger partial charge in [-0.3, -0.25) is 9.69 Å². The average Bonchev–Trinajstić information content (AvgIpc) is 3.21. The van der Waals surface area contributed by atoms with Gasteiger partial charge in [0.15, 0.2) is 6.54 Å². The van der Waals surface area contributed by atoms with Crippen LogP contribution >= 0.6 is 11.6 Å². The minimum atomic E-state index is -0.172. The molecule has 0 spiro atoms. The van der Waals surface area contributed by atoms with E-state index in [1.807, 2.05) is 53.4 Å². The molecule has 0 bridgehead atoms. The Balaban J connectivity index is 1.77. The Labute approximate surface area is 170 Å². The number of aromatic nitrogens is 1. The van der Waals surface area contributed by atoms with Gasteiger partial charge in [-0.15, -0.1) is 0 Å². The normalized spacial score (nSPS) is 15.2. The number of nitrogens with two attached hydrogens (primary N) is 1. The van der Waals surface area contributed by atoms with Crippen molar-refractivity contribution in [2.75, 3.05) is 18.0 Å². The van der Waals surface area contributed by atoms with Crippen LogP contribution in [0, 0.1) is 0 Å². The van der Waals surface area contributed by atoms with E-state index in [9.17, 15) is 4.79 Å². The van der Waals surface area contributed by atoms with E-state index in [-0.39, 0.29) is 11.9 Å². The molecule has 1 aliphatic rings. The number of fused-ring (bicyclic) bond motifs is 3. The van der Waals surface area contributed by atoms with E-state index >= 15 is 0 Å². The largest absolute Gasteiger partial charge is 0.338 e. The fraction of sp³-hybridized carbons (Fsp3) is 0.261. The van der Waals surface area contributed by atoms with Crippen LogP contribution in [0.25, 0.3) is 5.69 Å². The number of nitrogens with zero attached hydrogens (tertiary/aromatic N) is 2. The molecule has 2 N–H and O–H groups in total. The first kappa shape index (κ1) is 18.8. The monoisotopic (exact) mass is 394 g/mol. The van der Waals surface area contributed by atoms with Gasteiger partial charge in [0.25, 0.3) is 5.91 Å². The number of hydrogen-bond donors (Lipinski definition) is 1. The molecular formula is C23H25ClN3O+. The first-order valence-electron chi connectivity index (χ1n) is 9.86. The van der Waals surface area contributed by atoms with Crippen LogP contribution in [0.15, 0.2) is 66.9 Å². The van der Waals surface area contributed by atoms with Crippen molar-refractivity contribution < 1.29 is 10.1 Å². The van der Waals surface area contributed by atoms with Crippen molar-refractivity contribution in [3.63, 3.8) is 0 Å². The number of amides is 1. The minimum Gasteiger partial charge on any atom is -0.338 e. The Kier molecular flexibility index (Phi) is 5.51. The fourth-order valence-corrected chi connectivity index (χ4v) is 4.02. The Morgan fingerprint density at radius 3 is 2.54 bits per heavy atom. The van der Waals surface area contributed by atoms with Gasteiger partial charge in [-0.25, -0.2) is 0 Å². The summed E-state index contributed by atoms with van der Waals surface area (Å²) in [6, 6.07) is 19.9. The summed E-state index contributed by atoms with van der Waals surface area (Å²) in [4.78, 5) is 15.3. The molecular weight excluding hydrogens is 370 g/mol. The first-order chi connectivity index (χ1) is 13.7. The predicted octanol–water partition coefficient (Wildman–Crippen LogP) is 3.93.